The molecule has 0 radical (unpaired) electrons. The van der Waals surface area contributed by atoms with E-state index in [-0.39, 0.29) is 0 Å². The van der Waals surface area contributed by atoms with E-state index >= 15 is 0 Å². The fraction of sp³-hybridized carbons (Fsp3) is 0.647. The molecule has 2 aliphatic rings. The van der Waals surface area contributed by atoms with E-state index in [2.05, 4.69) is 52.5 Å². The molecule has 4 heteroatoms. The van der Waals surface area contributed by atoms with Crippen molar-refractivity contribution in [1.82, 2.24) is 15.1 Å². The molecule has 2 saturated heterocycles. The van der Waals surface area contributed by atoms with E-state index in [0.29, 0.717) is 18.2 Å². The summed E-state index contributed by atoms with van der Waals surface area (Å²) in [5.74, 6) is 0. The summed E-state index contributed by atoms with van der Waals surface area (Å²) in [6, 6.07) is 12.0. The number of hydrogen-bond acceptors (Lipinski definition) is 4. The molecule has 2 aliphatic heterocycles. The second-order valence-electron chi connectivity index (χ2n) is 6.38. The molecule has 3 atom stereocenters. The molecule has 2 heterocycles. The third-order valence-electron chi connectivity index (χ3n) is 4.85. The molecule has 1 aromatic rings. The normalized spacial score (nSPS) is 31.6. The van der Waals surface area contributed by atoms with E-state index in [9.17, 15) is 0 Å². The van der Waals surface area contributed by atoms with Crippen molar-refractivity contribution >= 4 is 0 Å². The van der Waals surface area contributed by atoms with Gasteiger partial charge >= 0.3 is 0 Å². The Morgan fingerprint density at radius 3 is 2.76 bits per heavy atom. The lowest BCUT2D eigenvalue weighted by atomic mass is 10.0. The standard InChI is InChI=1S/C17H27N3O/c1-19-8-9-20(12-15-10-16(21-2)11-18-15)17(13-19)14-6-4-3-5-7-14/h3-7,15-18H,8-13H2,1-2H3. The molecule has 0 spiro atoms. The molecule has 4 nitrogen and oxygen atoms in total. The third-order valence-corrected chi connectivity index (χ3v) is 4.85. The van der Waals surface area contributed by atoms with Crippen LogP contribution < -0.4 is 5.32 Å². The zero-order chi connectivity index (χ0) is 14.7. The Morgan fingerprint density at radius 1 is 1.24 bits per heavy atom. The van der Waals surface area contributed by atoms with Crippen molar-refractivity contribution in [3.05, 3.63) is 35.9 Å². The van der Waals surface area contributed by atoms with Crippen molar-refractivity contribution in [3.63, 3.8) is 0 Å². The number of nitrogens with zero attached hydrogens (tertiary/aromatic N) is 2. The van der Waals surface area contributed by atoms with Gasteiger partial charge in [-0.25, -0.2) is 0 Å². The van der Waals surface area contributed by atoms with Crippen LogP contribution in [0.2, 0.25) is 0 Å². The van der Waals surface area contributed by atoms with E-state index in [4.69, 9.17) is 4.74 Å². The SMILES string of the molecule is COC1CNC(CN2CCN(C)CC2c2ccccc2)C1. The summed E-state index contributed by atoms with van der Waals surface area (Å²) in [7, 11) is 4.04. The number of nitrogens with one attached hydrogen (secondary N) is 1. The summed E-state index contributed by atoms with van der Waals surface area (Å²) in [4.78, 5) is 5.08. The molecule has 0 saturated carbocycles. The number of methoxy groups -OCH3 is 1. The van der Waals surface area contributed by atoms with E-state index < -0.39 is 0 Å². The summed E-state index contributed by atoms with van der Waals surface area (Å²) >= 11 is 0. The molecule has 0 aromatic heterocycles. The predicted molar refractivity (Wildman–Crippen MR) is 85.5 cm³/mol. The van der Waals surface area contributed by atoms with Crippen LogP contribution in [-0.4, -0.2) is 68.8 Å². The summed E-state index contributed by atoms with van der Waals surface area (Å²) in [5.41, 5.74) is 1.44. The zero-order valence-electron chi connectivity index (χ0n) is 13.2. The quantitative estimate of drug-likeness (QED) is 0.905. The number of rotatable bonds is 4. The third kappa shape index (κ3) is 3.64. The minimum atomic E-state index is 0.387. The predicted octanol–water partition coefficient (Wildman–Crippen LogP) is 1.35. The Bertz CT molecular complexity index is 439. The van der Waals surface area contributed by atoms with Gasteiger partial charge in [0.25, 0.3) is 0 Å². The van der Waals surface area contributed by atoms with Gasteiger partial charge in [-0.3, -0.25) is 4.90 Å². The van der Waals surface area contributed by atoms with Crippen molar-refractivity contribution in [2.75, 3.05) is 46.9 Å². The highest BCUT2D eigenvalue weighted by Crippen LogP contribution is 2.26. The molecule has 0 aliphatic carbocycles. The fourth-order valence-corrected chi connectivity index (χ4v) is 3.55. The van der Waals surface area contributed by atoms with Crippen molar-refractivity contribution in [2.45, 2.75) is 24.6 Å². The first-order valence-corrected chi connectivity index (χ1v) is 8.00. The van der Waals surface area contributed by atoms with Crippen LogP contribution in [0.25, 0.3) is 0 Å². The summed E-state index contributed by atoms with van der Waals surface area (Å²) in [6.45, 7) is 5.53. The highest BCUT2D eigenvalue weighted by Gasteiger charge is 2.31. The van der Waals surface area contributed by atoms with Gasteiger partial charge in [-0.05, 0) is 19.0 Å². The van der Waals surface area contributed by atoms with Gasteiger partial charge in [0.1, 0.15) is 0 Å². The van der Waals surface area contributed by atoms with E-state index in [1.165, 1.54) is 5.56 Å². The Labute approximate surface area is 128 Å². The summed E-state index contributed by atoms with van der Waals surface area (Å²) in [5, 5.41) is 3.61. The minimum absolute atomic E-state index is 0.387. The minimum Gasteiger partial charge on any atom is -0.380 e. The van der Waals surface area contributed by atoms with Crippen molar-refractivity contribution < 1.29 is 4.74 Å². The molecule has 116 valence electrons. The van der Waals surface area contributed by atoms with E-state index in [1.54, 1.807) is 0 Å². The van der Waals surface area contributed by atoms with Crippen LogP contribution in [0.15, 0.2) is 30.3 Å². The van der Waals surface area contributed by atoms with Gasteiger partial charge in [-0.15, -0.1) is 0 Å². The van der Waals surface area contributed by atoms with Crippen molar-refractivity contribution in [1.29, 1.82) is 0 Å². The maximum Gasteiger partial charge on any atom is 0.0711 e. The number of likely N-dealkylation sites (N-methyl/N-ethyl adjacent to an activating group) is 1. The fourth-order valence-electron chi connectivity index (χ4n) is 3.55. The Balaban J connectivity index is 1.67. The lowest BCUT2D eigenvalue weighted by Gasteiger charge is -2.41. The number of hydrogen-bond donors (Lipinski definition) is 1. The number of piperazine rings is 1. The van der Waals surface area contributed by atoms with Crippen LogP contribution in [-0.2, 0) is 4.74 Å². The first kappa shape index (κ1) is 15.0. The Morgan fingerprint density at radius 2 is 2.05 bits per heavy atom. The van der Waals surface area contributed by atoms with Crippen LogP contribution in [0.3, 0.4) is 0 Å². The maximum absolute atomic E-state index is 5.47. The first-order valence-electron chi connectivity index (χ1n) is 8.00. The summed E-state index contributed by atoms with van der Waals surface area (Å²) in [6.07, 6.45) is 1.52. The van der Waals surface area contributed by atoms with Gasteiger partial charge in [0.05, 0.1) is 6.10 Å². The van der Waals surface area contributed by atoms with Crippen LogP contribution in [0.5, 0.6) is 0 Å². The average molecular weight is 289 g/mol. The monoisotopic (exact) mass is 289 g/mol. The molecule has 1 aromatic carbocycles. The van der Waals surface area contributed by atoms with Gasteiger partial charge in [0.15, 0.2) is 0 Å². The molecule has 3 unspecified atom stereocenters. The molecule has 2 fully saturated rings. The van der Waals surface area contributed by atoms with E-state index in [0.717, 1.165) is 39.1 Å². The largest absolute Gasteiger partial charge is 0.380 e. The van der Waals surface area contributed by atoms with Gasteiger partial charge in [-0.2, -0.15) is 0 Å². The Hall–Kier alpha value is -0.940. The van der Waals surface area contributed by atoms with E-state index in [1.807, 2.05) is 7.11 Å². The first-order chi connectivity index (χ1) is 10.3. The van der Waals surface area contributed by atoms with Crippen LogP contribution >= 0.6 is 0 Å². The van der Waals surface area contributed by atoms with Crippen molar-refractivity contribution in [2.24, 2.45) is 0 Å². The zero-order valence-corrected chi connectivity index (χ0v) is 13.2. The lowest BCUT2D eigenvalue weighted by molar-refractivity contribution is 0.0778. The average Bonchev–Trinajstić information content (AvgIpc) is 2.98. The maximum atomic E-state index is 5.47. The van der Waals surface area contributed by atoms with Gasteiger partial charge in [0, 0.05) is 51.9 Å². The van der Waals surface area contributed by atoms with Gasteiger partial charge in [-0.1, -0.05) is 30.3 Å². The number of ether oxygens (including phenoxy) is 1. The van der Waals surface area contributed by atoms with Gasteiger partial charge < -0.3 is 15.0 Å². The molecular formula is C17H27N3O. The second-order valence-corrected chi connectivity index (χ2v) is 6.38. The summed E-state index contributed by atoms with van der Waals surface area (Å²) < 4.78 is 5.47. The molecule has 21 heavy (non-hydrogen) atoms. The molecule has 0 amide bonds. The highest BCUT2D eigenvalue weighted by molar-refractivity contribution is 5.20. The van der Waals surface area contributed by atoms with Crippen LogP contribution in [0.4, 0.5) is 0 Å². The van der Waals surface area contributed by atoms with Crippen molar-refractivity contribution in [3.8, 4) is 0 Å². The second kappa shape index (κ2) is 6.88. The highest BCUT2D eigenvalue weighted by atomic mass is 16.5. The Kier molecular flexibility index (Phi) is 4.91. The molecule has 0 bridgehead atoms. The topological polar surface area (TPSA) is 27.7 Å². The lowest BCUT2D eigenvalue weighted by Crippen LogP contribution is -2.50. The van der Waals surface area contributed by atoms with Crippen LogP contribution in [0, 0.1) is 0 Å². The smallest absolute Gasteiger partial charge is 0.0711 e. The molecule has 1 N–H and O–H groups in total. The molecule has 3 rings (SSSR count). The van der Waals surface area contributed by atoms with Gasteiger partial charge in [0.2, 0.25) is 0 Å². The molecular weight excluding hydrogens is 262 g/mol. The van der Waals surface area contributed by atoms with Crippen LogP contribution in [0.1, 0.15) is 18.0 Å². The number of benzene rings is 1.